The Labute approximate surface area is 151 Å². The summed E-state index contributed by atoms with van der Waals surface area (Å²) in [4.78, 5) is 6.98. The van der Waals surface area contributed by atoms with Crippen LogP contribution in [0.4, 0.5) is 5.82 Å². The third kappa shape index (κ3) is 5.20. The molecule has 1 aliphatic rings. The maximum Gasteiger partial charge on any atom is 0.125 e. The van der Waals surface area contributed by atoms with Crippen molar-refractivity contribution < 1.29 is 4.74 Å². The van der Waals surface area contributed by atoms with E-state index in [2.05, 4.69) is 46.5 Å². The number of piperidine rings is 1. The third-order valence-electron chi connectivity index (χ3n) is 5.12. The van der Waals surface area contributed by atoms with Gasteiger partial charge in [0.1, 0.15) is 11.6 Å². The molecule has 25 heavy (non-hydrogen) atoms. The minimum absolute atomic E-state index is 0.875. The number of ether oxygens (including phenoxy) is 1. The number of benzene rings is 1. The van der Waals surface area contributed by atoms with Crippen LogP contribution in [0.2, 0.25) is 0 Å². The number of likely N-dealkylation sites (tertiary alicyclic amines) is 1. The molecular formula is C21H29N3O. The number of nitrogens with zero attached hydrogens (tertiary/aromatic N) is 2. The first-order valence-electron chi connectivity index (χ1n) is 9.27. The molecular weight excluding hydrogens is 310 g/mol. The first kappa shape index (κ1) is 17.7. The number of anilines is 1. The Bertz CT molecular complexity index is 631. The molecule has 1 saturated heterocycles. The number of nitrogens with one attached hydrogen (secondary N) is 1. The first-order valence-corrected chi connectivity index (χ1v) is 9.27. The standard InChI is InChI=1S/C21H29N3O/c1-24-14-11-17(12-15-24)4-3-13-22-21-10-7-19(16-23-21)18-5-8-20(25-2)9-6-18/h5-10,16-17H,3-4,11-15H2,1-2H3,(H,22,23). The molecule has 134 valence electrons. The van der Waals surface area contributed by atoms with Gasteiger partial charge in [0.05, 0.1) is 7.11 Å². The Morgan fingerprint density at radius 2 is 1.80 bits per heavy atom. The van der Waals surface area contributed by atoms with E-state index in [9.17, 15) is 0 Å². The summed E-state index contributed by atoms with van der Waals surface area (Å²) < 4.78 is 5.20. The van der Waals surface area contributed by atoms with Crippen molar-refractivity contribution in [3.8, 4) is 16.9 Å². The zero-order valence-electron chi connectivity index (χ0n) is 15.4. The van der Waals surface area contributed by atoms with E-state index < -0.39 is 0 Å². The molecule has 1 fully saturated rings. The minimum atomic E-state index is 0.875. The zero-order chi connectivity index (χ0) is 17.5. The second-order valence-electron chi connectivity index (χ2n) is 6.98. The molecule has 0 unspecified atom stereocenters. The lowest BCUT2D eigenvalue weighted by Gasteiger charge is -2.28. The summed E-state index contributed by atoms with van der Waals surface area (Å²) in [6.45, 7) is 3.51. The molecule has 1 aromatic heterocycles. The molecule has 0 spiro atoms. The summed E-state index contributed by atoms with van der Waals surface area (Å²) >= 11 is 0. The lowest BCUT2D eigenvalue weighted by Crippen LogP contribution is -2.30. The van der Waals surface area contributed by atoms with E-state index in [0.717, 1.165) is 35.2 Å². The minimum Gasteiger partial charge on any atom is -0.497 e. The fourth-order valence-electron chi connectivity index (χ4n) is 3.41. The van der Waals surface area contributed by atoms with Crippen molar-refractivity contribution in [2.24, 2.45) is 5.92 Å². The number of pyridine rings is 1. The molecule has 1 aromatic carbocycles. The molecule has 3 rings (SSSR count). The van der Waals surface area contributed by atoms with E-state index >= 15 is 0 Å². The van der Waals surface area contributed by atoms with Gasteiger partial charge in [0, 0.05) is 18.3 Å². The van der Waals surface area contributed by atoms with Crippen molar-refractivity contribution in [1.82, 2.24) is 9.88 Å². The van der Waals surface area contributed by atoms with Crippen molar-refractivity contribution in [2.75, 3.05) is 39.1 Å². The number of rotatable bonds is 7. The summed E-state index contributed by atoms with van der Waals surface area (Å²) in [5, 5.41) is 3.45. The van der Waals surface area contributed by atoms with Crippen LogP contribution in [-0.2, 0) is 0 Å². The Hall–Kier alpha value is -2.07. The van der Waals surface area contributed by atoms with Crippen LogP contribution in [0, 0.1) is 5.92 Å². The van der Waals surface area contributed by atoms with Crippen molar-refractivity contribution in [2.45, 2.75) is 25.7 Å². The van der Waals surface area contributed by atoms with E-state index in [1.54, 1.807) is 7.11 Å². The normalized spacial score (nSPS) is 15.9. The van der Waals surface area contributed by atoms with Gasteiger partial charge in [0.2, 0.25) is 0 Å². The SMILES string of the molecule is COc1ccc(-c2ccc(NCCCC3CCN(C)CC3)nc2)cc1. The van der Waals surface area contributed by atoms with Crippen molar-refractivity contribution in [3.05, 3.63) is 42.6 Å². The monoisotopic (exact) mass is 339 g/mol. The largest absolute Gasteiger partial charge is 0.497 e. The van der Waals surface area contributed by atoms with Crippen molar-refractivity contribution in [3.63, 3.8) is 0 Å². The maximum atomic E-state index is 5.20. The molecule has 0 bridgehead atoms. The van der Waals surface area contributed by atoms with Crippen LogP contribution in [0.3, 0.4) is 0 Å². The second-order valence-corrected chi connectivity index (χ2v) is 6.98. The molecule has 4 heteroatoms. The van der Waals surface area contributed by atoms with Gasteiger partial charge in [0.25, 0.3) is 0 Å². The maximum absolute atomic E-state index is 5.20. The summed E-state index contributed by atoms with van der Waals surface area (Å²) in [5.74, 6) is 2.74. The Kier molecular flexibility index (Phi) is 6.29. The van der Waals surface area contributed by atoms with Gasteiger partial charge < -0.3 is 15.0 Å². The molecule has 0 amide bonds. The van der Waals surface area contributed by atoms with Crippen molar-refractivity contribution >= 4 is 5.82 Å². The topological polar surface area (TPSA) is 37.4 Å². The molecule has 2 heterocycles. The smallest absolute Gasteiger partial charge is 0.125 e. The first-order chi connectivity index (χ1) is 12.2. The van der Waals surface area contributed by atoms with Crippen LogP contribution in [0.1, 0.15) is 25.7 Å². The van der Waals surface area contributed by atoms with Crippen LogP contribution in [0.15, 0.2) is 42.6 Å². The van der Waals surface area contributed by atoms with Crippen LogP contribution < -0.4 is 10.1 Å². The predicted octanol–water partition coefficient (Wildman–Crippen LogP) is 4.29. The van der Waals surface area contributed by atoms with Crippen molar-refractivity contribution in [1.29, 1.82) is 0 Å². The number of hydrogen-bond acceptors (Lipinski definition) is 4. The fraction of sp³-hybridized carbons (Fsp3) is 0.476. The average molecular weight is 339 g/mol. The van der Waals surface area contributed by atoms with Gasteiger partial charge in [-0.3, -0.25) is 0 Å². The van der Waals surface area contributed by atoms with Gasteiger partial charge in [-0.25, -0.2) is 4.98 Å². The van der Waals surface area contributed by atoms with Crippen LogP contribution in [0.25, 0.3) is 11.1 Å². The molecule has 0 atom stereocenters. The van der Waals surface area contributed by atoms with E-state index in [4.69, 9.17) is 4.74 Å². The Morgan fingerprint density at radius 3 is 2.44 bits per heavy atom. The van der Waals surface area contributed by atoms with Crippen LogP contribution >= 0.6 is 0 Å². The Morgan fingerprint density at radius 1 is 1.08 bits per heavy atom. The summed E-state index contributed by atoms with van der Waals surface area (Å²) in [6.07, 6.45) is 7.18. The lowest BCUT2D eigenvalue weighted by molar-refractivity contribution is 0.211. The summed E-state index contributed by atoms with van der Waals surface area (Å²) in [6, 6.07) is 12.3. The quantitative estimate of drug-likeness (QED) is 0.764. The number of methoxy groups -OCH3 is 1. The number of hydrogen-bond donors (Lipinski definition) is 1. The molecule has 0 aliphatic carbocycles. The van der Waals surface area contributed by atoms with E-state index in [1.807, 2.05) is 18.3 Å². The van der Waals surface area contributed by atoms with E-state index in [0.29, 0.717) is 0 Å². The van der Waals surface area contributed by atoms with Crippen LogP contribution in [0.5, 0.6) is 5.75 Å². The fourth-order valence-corrected chi connectivity index (χ4v) is 3.41. The van der Waals surface area contributed by atoms with Gasteiger partial charge in [-0.05, 0) is 81.6 Å². The second kappa shape index (κ2) is 8.86. The van der Waals surface area contributed by atoms with Gasteiger partial charge in [-0.2, -0.15) is 0 Å². The van der Waals surface area contributed by atoms with Gasteiger partial charge >= 0.3 is 0 Å². The molecule has 2 aromatic rings. The molecule has 4 nitrogen and oxygen atoms in total. The van der Waals surface area contributed by atoms with Crippen LogP contribution in [-0.4, -0.2) is 43.7 Å². The molecule has 1 aliphatic heterocycles. The highest BCUT2D eigenvalue weighted by molar-refractivity contribution is 5.64. The summed E-state index contributed by atoms with van der Waals surface area (Å²) in [7, 11) is 3.91. The Balaban J connectivity index is 1.43. The van der Waals surface area contributed by atoms with Gasteiger partial charge in [-0.1, -0.05) is 12.1 Å². The van der Waals surface area contributed by atoms with Gasteiger partial charge in [0.15, 0.2) is 0 Å². The predicted molar refractivity (Wildman–Crippen MR) is 104 cm³/mol. The van der Waals surface area contributed by atoms with E-state index in [1.165, 1.54) is 38.8 Å². The highest BCUT2D eigenvalue weighted by Gasteiger charge is 2.15. The summed E-state index contributed by atoms with van der Waals surface area (Å²) in [5.41, 5.74) is 2.28. The molecule has 0 saturated carbocycles. The van der Waals surface area contributed by atoms with Gasteiger partial charge in [-0.15, -0.1) is 0 Å². The highest BCUT2D eigenvalue weighted by atomic mass is 16.5. The average Bonchev–Trinajstić information content (AvgIpc) is 2.67. The number of aromatic nitrogens is 1. The van der Waals surface area contributed by atoms with E-state index in [-0.39, 0.29) is 0 Å². The molecule has 0 radical (unpaired) electrons. The molecule has 1 N–H and O–H groups in total. The lowest BCUT2D eigenvalue weighted by atomic mass is 9.92. The third-order valence-corrected chi connectivity index (χ3v) is 5.12. The zero-order valence-corrected chi connectivity index (χ0v) is 15.4. The highest BCUT2D eigenvalue weighted by Crippen LogP contribution is 2.23.